The second-order valence-electron chi connectivity index (χ2n) is 5.26. The van der Waals surface area contributed by atoms with E-state index in [2.05, 4.69) is 20.7 Å². The molecule has 0 spiro atoms. The highest BCUT2D eigenvalue weighted by atomic mass is 79.9. The molecule has 1 heterocycles. The largest absolute Gasteiger partial charge is 0.468 e. The van der Waals surface area contributed by atoms with Gasteiger partial charge in [0.15, 0.2) is 0 Å². The second kappa shape index (κ2) is 6.95. The smallest absolute Gasteiger partial charge is 0.240 e. The molecule has 0 saturated carbocycles. The lowest BCUT2D eigenvalue weighted by Crippen LogP contribution is -2.34. The molecule has 0 aliphatic rings. The van der Waals surface area contributed by atoms with Gasteiger partial charge in [-0.05, 0) is 56.9 Å². The van der Waals surface area contributed by atoms with Gasteiger partial charge in [-0.3, -0.25) is 4.90 Å². The summed E-state index contributed by atoms with van der Waals surface area (Å²) in [5, 5.41) is 0. The molecule has 1 aromatic carbocycles. The first-order chi connectivity index (χ1) is 10.3. The van der Waals surface area contributed by atoms with Gasteiger partial charge >= 0.3 is 0 Å². The normalized spacial score (nSPS) is 13.5. The summed E-state index contributed by atoms with van der Waals surface area (Å²) in [4.78, 5) is 2.17. The topological polar surface area (TPSA) is 62.6 Å². The van der Waals surface area contributed by atoms with Gasteiger partial charge in [0.25, 0.3) is 0 Å². The Hall–Kier alpha value is -1.15. The third kappa shape index (κ3) is 3.98. The molecule has 0 saturated heterocycles. The van der Waals surface area contributed by atoms with E-state index in [1.165, 1.54) is 0 Å². The number of hydrogen-bond acceptors (Lipinski definition) is 4. The molecule has 1 unspecified atom stereocenters. The van der Waals surface area contributed by atoms with E-state index in [1.54, 1.807) is 30.5 Å². The number of aryl methyl sites for hydroxylation is 1. The lowest BCUT2D eigenvalue weighted by Gasteiger charge is -2.22. The maximum atomic E-state index is 12.4. The molecule has 0 bridgehead atoms. The predicted molar refractivity (Wildman–Crippen MR) is 89.2 cm³/mol. The fourth-order valence-corrected chi connectivity index (χ4v) is 3.44. The van der Waals surface area contributed by atoms with Crippen LogP contribution in [-0.4, -0.2) is 34.0 Å². The van der Waals surface area contributed by atoms with E-state index < -0.39 is 10.0 Å². The van der Waals surface area contributed by atoms with Crippen molar-refractivity contribution in [1.29, 1.82) is 0 Å². The van der Waals surface area contributed by atoms with E-state index >= 15 is 0 Å². The van der Waals surface area contributed by atoms with E-state index in [0.29, 0.717) is 0 Å². The van der Waals surface area contributed by atoms with Crippen LogP contribution in [0.5, 0.6) is 0 Å². The minimum atomic E-state index is -3.56. The van der Waals surface area contributed by atoms with Gasteiger partial charge in [-0.1, -0.05) is 15.9 Å². The molecule has 0 fully saturated rings. The van der Waals surface area contributed by atoms with Gasteiger partial charge in [-0.25, -0.2) is 13.1 Å². The van der Waals surface area contributed by atoms with Gasteiger partial charge in [-0.15, -0.1) is 0 Å². The Morgan fingerprint density at radius 1 is 1.32 bits per heavy atom. The molecule has 2 aromatic rings. The maximum absolute atomic E-state index is 12.4. The minimum absolute atomic E-state index is 0.165. The summed E-state index contributed by atoms with van der Waals surface area (Å²) in [5.41, 5.74) is 0.873. The number of nitrogens with one attached hydrogen (secondary N) is 1. The number of likely N-dealkylation sites (N-methyl/N-ethyl adjacent to an activating group) is 1. The SMILES string of the molecule is Cc1cc(S(=O)(=O)NCC(c2ccco2)N(C)C)ccc1Br. The zero-order chi connectivity index (χ0) is 16.3. The fourth-order valence-electron chi connectivity index (χ4n) is 2.07. The summed E-state index contributed by atoms with van der Waals surface area (Å²) in [6.07, 6.45) is 1.58. The van der Waals surface area contributed by atoms with Gasteiger partial charge in [0, 0.05) is 11.0 Å². The van der Waals surface area contributed by atoms with Crippen molar-refractivity contribution >= 4 is 26.0 Å². The summed E-state index contributed by atoms with van der Waals surface area (Å²) in [7, 11) is 0.202. The van der Waals surface area contributed by atoms with Crippen molar-refractivity contribution in [2.24, 2.45) is 0 Å². The second-order valence-corrected chi connectivity index (χ2v) is 7.88. The molecule has 2 rings (SSSR count). The van der Waals surface area contributed by atoms with Crippen molar-refractivity contribution in [3.8, 4) is 0 Å². The average molecular weight is 387 g/mol. The van der Waals surface area contributed by atoms with E-state index in [1.807, 2.05) is 32.0 Å². The van der Waals surface area contributed by atoms with Crippen molar-refractivity contribution in [2.75, 3.05) is 20.6 Å². The summed E-state index contributed by atoms with van der Waals surface area (Å²) < 4.78 is 33.7. The van der Waals surface area contributed by atoms with E-state index in [-0.39, 0.29) is 17.5 Å². The van der Waals surface area contributed by atoms with Gasteiger partial charge in [-0.2, -0.15) is 0 Å². The zero-order valence-corrected chi connectivity index (χ0v) is 15.1. The third-order valence-electron chi connectivity index (χ3n) is 3.40. The number of nitrogens with zero attached hydrogens (tertiary/aromatic N) is 1. The van der Waals surface area contributed by atoms with Crippen LogP contribution in [0.1, 0.15) is 17.4 Å². The van der Waals surface area contributed by atoms with Crippen molar-refractivity contribution in [3.63, 3.8) is 0 Å². The molecule has 7 heteroatoms. The van der Waals surface area contributed by atoms with Crippen molar-refractivity contribution in [1.82, 2.24) is 9.62 Å². The molecular weight excluding hydrogens is 368 g/mol. The third-order valence-corrected chi connectivity index (χ3v) is 5.71. The maximum Gasteiger partial charge on any atom is 0.240 e. The zero-order valence-electron chi connectivity index (χ0n) is 12.7. The molecule has 0 aliphatic carbocycles. The number of benzene rings is 1. The van der Waals surface area contributed by atoms with Crippen molar-refractivity contribution in [3.05, 3.63) is 52.4 Å². The summed E-state index contributed by atoms with van der Waals surface area (Å²) in [6.45, 7) is 2.09. The van der Waals surface area contributed by atoms with E-state index in [4.69, 9.17) is 4.42 Å². The number of rotatable bonds is 6. The molecule has 0 radical (unpaired) electrons. The standard InChI is InChI=1S/C15H19BrN2O3S/c1-11-9-12(6-7-13(11)16)22(19,20)17-10-14(18(2)3)15-5-4-8-21-15/h4-9,14,17H,10H2,1-3H3. The van der Waals surface area contributed by atoms with Crippen LogP contribution in [-0.2, 0) is 10.0 Å². The number of hydrogen-bond donors (Lipinski definition) is 1. The minimum Gasteiger partial charge on any atom is -0.468 e. The highest BCUT2D eigenvalue weighted by Gasteiger charge is 2.21. The van der Waals surface area contributed by atoms with Crippen LogP contribution >= 0.6 is 15.9 Å². The van der Waals surface area contributed by atoms with Crippen LogP contribution in [0.25, 0.3) is 0 Å². The molecule has 1 N–H and O–H groups in total. The Bertz CT molecular complexity index is 727. The number of sulfonamides is 1. The molecular formula is C15H19BrN2O3S. The first-order valence-electron chi connectivity index (χ1n) is 6.77. The Kier molecular flexibility index (Phi) is 5.44. The Morgan fingerprint density at radius 3 is 2.59 bits per heavy atom. The lowest BCUT2D eigenvalue weighted by atomic mass is 10.2. The first-order valence-corrected chi connectivity index (χ1v) is 9.04. The summed E-state index contributed by atoms with van der Waals surface area (Å²) >= 11 is 3.37. The van der Waals surface area contributed by atoms with Gasteiger partial charge < -0.3 is 4.42 Å². The highest BCUT2D eigenvalue weighted by Crippen LogP contribution is 2.21. The van der Waals surface area contributed by atoms with Crippen LogP contribution in [0.2, 0.25) is 0 Å². The fraction of sp³-hybridized carbons (Fsp3) is 0.333. The Labute approximate surface area is 139 Å². The molecule has 1 aromatic heterocycles. The van der Waals surface area contributed by atoms with E-state index in [9.17, 15) is 8.42 Å². The van der Waals surface area contributed by atoms with Gasteiger partial charge in [0.05, 0.1) is 17.2 Å². The van der Waals surface area contributed by atoms with Crippen LogP contribution in [0.4, 0.5) is 0 Å². The summed E-state index contributed by atoms with van der Waals surface area (Å²) in [6, 6.07) is 8.42. The number of furan rings is 1. The molecule has 0 aliphatic heterocycles. The van der Waals surface area contributed by atoms with Gasteiger partial charge in [0.1, 0.15) is 5.76 Å². The van der Waals surface area contributed by atoms with E-state index in [0.717, 1.165) is 15.8 Å². The van der Waals surface area contributed by atoms with Gasteiger partial charge in [0.2, 0.25) is 10.0 Å². The Morgan fingerprint density at radius 2 is 2.05 bits per heavy atom. The molecule has 120 valence electrons. The molecule has 22 heavy (non-hydrogen) atoms. The quantitative estimate of drug-likeness (QED) is 0.828. The first kappa shape index (κ1) is 17.2. The van der Waals surface area contributed by atoms with Crippen LogP contribution in [0, 0.1) is 6.92 Å². The monoisotopic (exact) mass is 386 g/mol. The van der Waals surface area contributed by atoms with Crippen LogP contribution in [0.15, 0.2) is 50.4 Å². The lowest BCUT2D eigenvalue weighted by molar-refractivity contribution is 0.259. The number of halogens is 1. The molecule has 5 nitrogen and oxygen atoms in total. The van der Waals surface area contributed by atoms with Crippen molar-refractivity contribution < 1.29 is 12.8 Å². The van der Waals surface area contributed by atoms with Crippen LogP contribution < -0.4 is 4.72 Å². The average Bonchev–Trinajstić information content (AvgIpc) is 2.95. The highest BCUT2D eigenvalue weighted by molar-refractivity contribution is 9.10. The van der Waals surface area contributed by atoms with Crippen molar-refractivity contribution in [2.45, 2.75) is 17.9 Å². The molecule has 1 atom stereocenters. The van der Waals surface area contributed by atoms with Crippen LogP contribution in [0.3, 0.4) is 0 Å². The summed E-state index contributed by atoms with van der Waals surface area (Å²) in [5.74, 6) is 0.722. The molecule has 0 amide bonds. The Balaban J connectivity index is 2.16. The predicted octanol–water partition coefficient (Wildman–Crippen LogP) is 2.93.